The van der Waals surface area contributed by atoms with E-state index in [1.54, 1.807) is 0 Å². The zero-order valence-corrected chi connectivity index (χ0v) is 12.3. The molecule has 0 radical (unpaired) electrons. The van der Waals surface area contributed by atoms with Crippen LogP contribution < -0.4 is 10.0 Å². The van der Waals surface area contributed by atoms with Crippen LogP contribution in [0.1, 0.15) is 31.7 Å². The zero-order chi connectivity index (χ0) is 13.9. The lowest BCUT2D eigenvalue weighted by Gasteiger charge is -2.25. The summed E-state index contributed by atoms with van der Waals surface area (Å²) in [6, 6.07) is 9.76. The van der Waals surface area contributed by atoms with Crippen molar-refractivity contribution in [1.82, 2.24) is 10.0 Å². The molecule has 1 aromatic rings. The molecule has 1 heterocycles. The summed E-state index contributed by atoms with van der Waals surface area (Å²) >= 11 is 0. The Morgan fingerprint density at radius 1 is 1.37 bits per heavy atom. The molecule has 0 amide bonds. The Morgan fingerprint density at radius 3 is 2.63 bits per heavy atom. The molecule has 2 atom stereocenters. The van der Waals surface area contributed by atoms with Crippen LogP contribution in [0.5, 0.6) is 0 Å². The smallest absolute Gasteiger partial charge is 0.212 e. The van der Waals surface area contributed by atoms with Gasteiger partial charge in [-0.1, -0.05) is 37.3 Å². The number of nitrogens with one attached hydrogen (secondary N) is 2. The average molecular weight is 282 g/mol. The van der Waals surface area contributed by atoms with E-state index < -0.39 is 10.0 Å². The first-order chi connectivity index (χ1) is 8.90. The minimum absolute atomic E-state index is 0.00309. The van der Waals surface area contributed by atoms with E-state index in [1.807, 2.05) is 44.2 Å². The van der Waals surface area contributed by atoms with E-state index in [0.29, 0.717) is 6.54 Å². The summed E-state index contributed by atoms with van der Waals surface area (Å²) in [7, 11) is -3.26. The molecule has 2 rings (SSSR count). The third kappa shape index (κ3) is 4.03. The van der Waals surface area contributed by atoms with Crippen molar-refractivity contribution in [3.63, 3.8) is 0 Å². The maximum absolute atomic E-state index is 12.2. The predicted octanol–water partition coefficient (Wildman–Crippen LogP) is 1.46. The largest absolute Gasteiger partial charge is 0.315 e. The normalized spacial score (nSPS) is 25.4. The van der Waals surface area contributed by atoms with Gasteiger partial charge >= 0.3 is 0 Å². The Bertz CT molecular complexity index is 508. The molecule has 5 heteroatoms. The van der Waals surface area contributed by atoms with Crippen LogP contribution in [-0.2, 0) is 10.0 Å². The molecule has 1 aliphatic heterocycles. The Kier molecular flexibility index (Phi) is 4.28. The Morgan fingerprint density at radius 2 is 2.05 bits per heavy atom. The molecular weight excluding hydrogens is 260 g/mol. The molecule has 0 spiro atoms. The fraction of sp³-hybridized carbons (Fsp3) is 0.571. The number of sulfonamides is 1. The lowest BCUT2D eigenvalue weighted by molar-refractivity contribution is 0.450. The summed E-state index contributed by atoms with van der Waals surface area (Å²) in [5.41, 5.74) is 0.720. The van der Waals surface area contributed by atoms with Gasteiger partial charge in [0.2, 0.25) is 10.0 Å². The van der Waals surface area contributed by atoms with Gasteiger partial charge < -0.3 is 5.32 Å². The van der Waals surface area contributed by atoms with E-state index in [-0.39, 0.29) is 17.2 Å². The molecule has 0 saturated carbocycles. The van der Waals surface area contributed by atoms with Crippen molar-refractivity contribution >= 4 is 10.0 Å². The lowest BCUT2D eigenvalue weighted by Crippen LogP contribution is -2.48. The molecule has 2 N–H and O–H groups in total. The van der Waals surface area contributed by atoms with E-state index in [4.69, 9.17) is 0 Å². The van der Waals surface area contributed by atoms with Gasteiger partial charge in [-0.2, -0.15) is 0 Å². The fourth-order valence-electron chi connectivity index (χ4n) is 2.53. The molecule has 1 fully saturated rings. The Hall–Kier alpha value is -0.910. The van der Waals surface area contributed by atoms with Crippen molar-refractivity contribution in [2.75, 3.05) is 18.8 Å². The van der Waals surface area contributed by atoms with Crippen molar-refractivity contribution in [3.8, 4) is 0 Å². The first-order valence-electron chi connectivity index (χ1n) is 6.68. The minimum Gasteiger partial charge on any atom is -0.315 e. The summed E-state index contributed by atoms with van der Waals surface area (Å²) in [5.74, 6) is 0.128. The highest BCUT2D eigenvalue weighted by Gasteiger charge is 2.33. The summed E-state index contributed by atoms with van der Waals surface area (Å²) < 4.78 is 27.3. The van der Waals surface area contributed by atoms with Crippen LogP contribution in [0.25, 0.3) is 0 Å². The average Bonchev–Trinajstić information content (AvgIpc) is 2.75. The van der Waals surface area contributed by atoms with Gasteiger partial charge in [0.15, 0.2) is 0 Å². The predicted molar refractivity (Wildman–Crippen MR) is 77.7 cm³/mol. The molecule has 4 nitrogen and oxygen atoms in total. The maximum Gasteiger partial charge on any atom is 0.212 e. The zero-order valence-electron chi connectivity index (χ0n) is 11.5. The standard InChI is InChI=1S/C14H22N2O2S/c1-12(13-6-4-3-5-7-13)10-19(17,18)16-14(2)8-9-15-11-14/h3-7,12,15-16H,8-11H2,1-2H3. The molecule has 1 aliphatic rings. The summed E-state index contributed by atoms with van der Waals surface area (Å²) in [4.78, 5) is 0. The van der Waals surface area contributed by atoms with Crippen LogP contribution >= 0.6 is 0 Å². The van der Waals surface area contributed by atoms with Gasteiger partial charge in [0.05, 0.1) is 5.75 Å². The van der Waals surface area contributed by atoms with Gasteiger partial charge in [-0.25, -0.2) is 13.1 Å². The molecule has 1 saturated heterocycles. The molecule has 2 unspecified atom stereocenters. The minimum atomic E-state index is -3.26. The monoisotopic (exact) mass is 282 g/mol. The number of hydrogen-bond donors (Lipinski definition) is 2. The second-order valence-electron chi connectivity index (χ2n) is 5.68. The third-order valence-electron chi connectivity index (χ3n) is 3.61. The SMILES string of the molecule is CC(CS(=O)(=O)NC1(C)CCNC1)c1ccccc1. The van der Waals surface area contributed by atoms with Crippen molar-refractivity contribution in [2.24, 2.45) is 0 Å². The van der Waals surface area contributed by atoms with Crippen LogP contribution in [-0.4, -0.2) is 32.8 Å². The van der Waals surface area contributed by atoms with Crippen LogP contribution in [0.3, 0.4) is 0 Å². The van der Waals surface area contributed by atoms with Crippen molar-refractivity contribution in [3.05, 3.63) is 35.9 Å². The van der Waals surface area contributed by atoms with Crippen LogP contribution in [0.15, 0.2) is 30.3 Å². The summed E-state index contributed by atoms with van der Waals surface area (Å²) in [5, 5.41) is 3.19. The van der Waals surface area contributed by atoms with Crippen LogP contribution in [0, 0.1) is 0 Å². The quantitative estimate of drug-likeness (QED) is 0.859. The van der Waals surface area contributed by atoms with E-state index >= 15 is 0 Å². The number of hydrogen-bond acceptors (Lipinski definition) is 3. The van der Waals surface area contributed by atoms with Crippen molar-refractivity contribution in [2.45, 2.75) is 31.7 Å². The van der Waals surface area contributed by atoms with Crippen molar-refractivity contribution < 1.29 is 8.42 Å². The van der Waals surface area contributed by atoms with Gasteiger partial charge in [0, 0.05) is 12.1 Å². The molecule has 1 aromatic carbocycles. The van der Waals surface area contributed by atoms with Gasteiger partial charge in [-0.15, -0.1) is 0 Å². The second-order valence-corrected chi connectivity index (χ2v) is 7.45. The lowest BCUT2D eigenvalue weighted by atomic mass is 10.0. The molecule has 106 valence electrons. The van der Waals surface area contributed by atoms with E-state index in [1.165, 1.54) is 0 Å². The van der Waals surface area contributed by atoms with Gasteiger partial charge in [-0.3, -0.25) is 0 Å². The van der Waals surface area contributed by atoms with Crippen LogP contribution in [0.2, 0.25) is 0 Å². The summed E-state index contributed by atoms with van der Waals surface area (Å²) in [6.45, 7) is 5.47. The first kappa shape index (κ1) is 14.5. The third-order valence-corrected chi connectivity index (χ3v) is 5.35. The maximum atomic E-state index is 12.2. The van der Waals surface area contributed by atoms with Crippen LogP contribution in [0.4, 0.5) is 0 Å². The molecule has 0 bridgehead atoms. The fourth-order valence-corrected chi connectivity index (χ4v) is 4.39. The number of rotatable bonds is 5. The molecule has 0 aliphatic carbocycles. The molecule has 19 heavy (non-hydrogen) atoms. The van der Waals surface area contributed by atoms with E-state index in [0.717, 1.165) is 18.5 Å². The number of benzene rings is 1. The van der Waals surface area contributed by atoms with E-state index in [9.17, 15) is 8.42 Å². The summed E-state index contributed by atoms with van der Waals surface area (Å²) in [6.07, 6.45) is 0.839. The highest BCUT2D eigenvalue weighted by atomic mass is 32.2. The molecular formula is C14H22N2O2S. The first-order valence-corrected chi connectivity index (χ1v) is 8.33. The van der Waals surface area contributed by atoms with Crippen molar-refractivity contribution in [1.29, 1.82) is 0 Å². The van der Waals surface area contributed by atoms with E-state index in [2.05, 4.69) is 10.0 Å². The topological polar surface area (TPSA) is 58.2 Å². The van der Waals surface area contributed by atoms with Gasteiger partial charge in [-0.05, 0) is 31.4 Å². The Labute approximate surface area is 115 Å². The highest BCUT2D eigenvalue weighted by Crippen LogP contribution is 2.19. The Balaban J connectivity index is 2.01. The highest BCUT2D eigenvalue weighted by molar-refractivity contribution is 7.89. The second kappa shape index (κ2) is 5.61. The van der Waals surface area contributed by atoms with Gasteiger partial charge in [0.25, 0.3) is 0 Å². The van der Waals surface area contributed by atoms with Gasteiger partial charge in [0.1, 0.15) is 0 Å². The molecule has 0 aromatic heterocycles.